The van der Waals surface area contributed by atoms with E-state index in [-0.39, 0.29) is 18.9 Å². The summed E-state index contributed by atoms with van der Waals surface area (Å²) in [5, 5.41) is 0. The Hall–Kier alpha value is -0.308. The maximum atomic E-state index is 6.19. The molecule has 1 N–H and O–H groups in total. The smallest absolute Gasteiger partial charge is 0.591 e. The van der Waals surface area contributed by atoms with Crippen molar-refractivity contribution in [2.45, 2.75) is 82.2 Å². The Balaban J connectivity index is 0.000000223. The van der Waals surface area contributed by atoms with E-state index in [2.05, 4.69) is 23.2 Å². The SMILES string of the molecule is C1CCOC1.C1CCOC1.CO[B-]1(Cc2cccc[nH+]2)C2CCCC1CCC2.[Li+]. The van der Waals surface area contributed by atoms with E-state index in [1.807, 2.05) is 13.3 Å². The minimum Gasteiger partial charge on any atom is -0.591 e. The van der Waals surface area contributed by atoms with Crippen LogP contribution in [0, 0.1) is 0 Å². The number of H-pyrrole nitrogens is 1. The van der Waals surface area contributed by atoms with Crippen molar-refractivity contribution >= 4 is 6.35 Å². The third kappa shape index (κ3) is 7.40. The van der Waals surface area contributed by atoms with Crippen molar-refractivity contribution < 1.29 is 38.0 Å². The topological polar surface area (TPSA) is 41.8 Å². The number of rotatable bonds is 3. The molecule has 1 aromatic heterocycles. The molecule has 0 saturated carbocycles. The number of hydrogen-bond acceptors (Lipinski definition) is 3. The number of nitrogens with one attached hydrogen (secondary N) is 1. The summed E-state index contributed by atoms with van der Waals surface area (Å²) in [7, 11) is 1.96. The van der Waals surface area contributed by atoms with E-state index in [4.69, 9.17) is 14.1 Å². The molecule has 0 aliphatic carbocycles. The number of pyridine rings is 1. The average Bonchev–Trinajstić information content (AvgIpc) is 3.47. The molecule has 0 spiro atoms. The second kappa shape index (κ2) is 13.9. The van der Waals surface area contributed by atoms with Gasteiger partial charge in [0.2, 0.25) is 0 Å². The van der Waals surface area contributed by atoms with Crippen LogP contribution in [-0.2, 0) is 20.4 Å². The Morgan fingerprint density at radius 1 is 0.862 bits per heavy atom. The van der Waals surface area contributed by atoms with Crippen LogP contribution in [0.25, 0.3) is 0 Å². The summed E-state index contributed by atoms with van der Waals surface area (Å²) in [6, 6.07) is 6.40. The van der Waals surface area contributed by atoms with Gasteiger partial charge in [0.05, 0.1) is 0 Å². The predicted molar refractivity (Wildman–Crippen MR) is 115 cm³/mol. The summed E-state index contributed by atoms with van der Waals surface area (Å²) in [5.41, 5.74) is 1.35. The van der Waals surface area contributed by atoms with Crippen LogP contribution in [0.3, 0.4) is 0 Å². The molecule has 0 aromatic carbocycles. The number of hydrogen-bond donors (Lipinski definition) is 0. The van der Waals surface area contributed by atoms with Crippen molar-refractivity contribution in [3.8, 4) is 0 Å². The number of aromatic nitrogens is 1. The zero-order valence-corrected chi connectivity index (χ0v) is 18.9. The number of aromatic amines is 1. The Morgan fingerprint density at radius 3 is 1.72 bits per heavy atom. The third-order valence-corrected chi connectivity index (χ3v) is 7.30. The third-order valence-electron chi connectivity index (χ3n) is 7.30. The molecular formula is C23H40BLiNO3+. The predicted octanol–water partition coefficient (Wildman–Crippen LogP) is 1.88. The van der Waals surface area contributed by atoms with Crippen LogP contribution in [-0.4, -0.2) is 39.9 Å². The van der Waals surface area contributed by atoms with Crippen molar-refractivity contribution in [1.82, 2.24) is 0 Å². The largest absolute Gasteiger partial charge is 1.00 e. The van der Waals surface area contributed by atoms with E-state index in [9.17, 15) is 0 Å². The van der Waals surface area contributed by atoms with Gasteiger partial charge in [0.25, 0.3) is 0 Å². The normalized spacial score (nSPS) is 30.2. The van der Waals surface area contributed by atoms with Crippen LogP contribution < -0.4 is 23.8 Å². The number of ether oxygens (including phenoxy) is 2. The average molecular weight is 396 g/mol. The molecule has 0 radical (unpaired) electrons. The van der Waals surface area contributed by atoms with Crippen molar-refractivity contribution in [2.24, 2.45) is 0 Å². The van der Waals surface area contributed by atoms with Gasteiger partial charge in [-0.15, -0.1) is 11.6 Å². The fourth-order valence-electron chi connectivity index (χ4n) is 5.81. The van der Waals surface area contributed by atoms with E-state index in [1.54, 1.807) is 0 Å². The summed E-state index contributed by atoms with van der Waals surface area (Å²) < 4.78 is 16.1. The minimum absolute atomic E-state index is 0. The molecule has 1 aromatic rings. The van der Waals surface area contributed by atoms with Gasteiger partial charge in [-0.1, -0.05) is 50.9 Å². The molecule has 4 aliphatic heterocycles. The second-order valence-corrected chi connectivity index (χ2v) is 8.95. The summed E-state index contributed by atoms with van der Waals surface area (Å²) >= 11 is 0. The molecule has 6 heteroatoms. The summed E-state index contributed by atoms with van der Waals surface area (Å²) in [5.74, 6) is 1.66. The molecule has 0 atom stereocenters. The molecule has 5 rings (SSSR count). The molecule has 4 nitrogen and oxygen atoms in total. The van der Waals surface area contributed by atoms with Gasteiger partial charge in [0.15, 0.2) is 6.20 Å². The van der Waals surface area contributed by atoms with Gasteiger partial charge in [0.1, 0.15) is 12.0 Å². The van der Waals surface area contributed by atoms with E-state index in [1.165, 1.54) is 69.9 Å². The van der Waals surface area contributed by atoms with Crippen molar-refractivity contribution in [2.75, 3.05) is 33.5 Å². The van der Waals surface area contributed by atoms with Crippen LogP contribution in [0.4, 0.5) is 0 Å². The first-order chi connectivity index (χ1) is 13.8. The van der Waals surface area contributed by atoms with Gasteiger partial charge in [-0.25, -0.2) is 4.98 Å². The second-order valence-electron chi connectivity index (χ2n) is 8.95. The molecular weight excluding hydrogens is 356 g/mol. The van der Waals surface area contributed by atoms with Crippen LogP contribution in [0.2, 0.25) is 11.6 Å². The summed E-state index contributed by atoms with van der Waals surface area (Å²) in [4.78, 5) is 3.40. The fourth-order valence-corrected chi connectivity index (χ4v) is 5.81. The summed E-state index contributed by atoms with van der Waals surface area (Å²) in [6.07, 6.45) is 16.0. The van der Waals surface area contributed by atoms with E-state index < -0.39 is 6.35 Å². The zero-order chi connectivity index (χ0) is 19.5. The first-order valence-electron chi connectivity index (χ1n) is 11.7. The zero-order valence-electron chi connectivity index (χ0n) is 18.9. The molecule has 158 valence electrons. The molecule has 5 heterocycles. The van der Waals surface area contributed by atoms with Gasteiger partial charge >= 0.3 is 18.9 Å². The van der Waals surface area contributed by atoms with Gasteiger partial charge in [-0.2, -0.15) is 0 Å². The maximum Gasteiger partial charge on any atom is 1.00 e. The first kappa shape index (κ1) is 25.0. The Labute approximate surface area is 190 Å². The van der Waals surface area contributed by atoms with Crippen LogP contribution in [0.5, 0.6) is 0 Å². The maximum absolute atomic E-state index is 6.19. The molecule has 2 bridgehead atoms. The van der Waals surface area contributed by atoms with Gasteiger partial charge in [0, 0.05) is 38.6 Å². The molecule has 4 aliphatic rings. The van der Waals surface area contributed by atoms with Crippen molar-refractivity contribution in [1.29, 1.82) is 0 Å². The Bertz CT molecular complexity index is 493. The standard InChI is InChI=1S/C15H23BNO.2C4H8O.Li/c1-18-16(12-15-10-2-3-11-17-15)13-6-4-7-14(16)9-5-8-13;2*1-2-4-5-3-1;/h2-3,10-11,13-14H,4-9,12H2,1H3;2*1-4H2;/q-1;;;+1/p+1. The molecule has 0 unspecified atom stereocenters. The van der Waals surface area contributed by atoms with Crippen LogP contribution >= 0.6 is 0 Å². The van der Waals surface area contributed by atoms with Crippen LogP contribution in [0.1, 0.15) is 69.9 Å². The fraction of sp³-hybridized carbons (Fsp3) is 0.783. The quantitative estimate of drug-likeness (QED) is 0.733. The van der Waals surface area contributed by atoms with E-state index in [0.29, 0.717) is 0 Å². The van der Waals surface area contributed by atoms with E-state index >= 15 is 0 Å². The summed E-state index contributed by atoms with van der Waals surface area (Å²) in [6.45, 7) is 4.00. The van der Waals surface area contributed by atoms with Gasteiger partial charge in [-0.3, -0.25) is 0 Å². The van der Waals surface area contributed by atoms with Crippen molar-refractivity contribution in [3.05, 3.63) is 30.1 Å². The molecule has 4 fully saturated rings. The first-order valence-corrected chi connectivity index (χ1v) is 11.7. The van der Waals surface area contributed by atoms with Crippen molar-refractivity contribution in [3.63, 3.8) is 0 Å². The number of fused-ring (bicyclic) bond motifs is 2. The van der Waals surface area contributed by atoms with Gasteiger partial charge < -0.3 is 14.1 Å². The van der Waals surface area contributed by atoms with E-state index in [0.717, 1.165) is 44.4 Å². The molecule has 0 amide bonds. The Morgan fingerprint density at radius 2 is 1.38 bits per heavy atom. The Kier molecular flexibility index (Phi) is 12.0. The van der Waals surface area contributed by atoms with Gasteiger partial charge in [-0.05, 0) is 32.8 Å². The monoisotopic (exact) mass is 396 g/mol. The van der Waals surface area contributed by atoms with Crippen LogP contribution in [0.15, 0.2) is 24.4 Å². The molecule has 29 heavy (non-hydrogen) atoms. The molecule has 4 saturated heterocycles. The minimum atomic E-state index is -0.651.